The van der Waals surface area contributed by atoms with E-state index in [1.807, 2.05) is 86.6 Å². The number of hydrogen-bond donors (Lipinski definition) is 1. The second-order valence-electron chi connectivity index (χ2n) is 9.03. The molecule has 0 aliphatic rings. The van der Waals surface area contributed by atoms with E-state index < -0.39 is 10.0 Å². The van der Waals surface area contributed by atoms with E-state index in [2.05, 4.69) is 5.32 Å². The fourth-order valence-corrected chi connectivity index (χ4v) is 4.97. The van der Waals surface area contributed by atoms with E-state index in [-0.39, 0.29) is 18.5 Å². The van der Waals surface area contributed by atoms with Gasteiger partial charge in [0.1, 0.15) is 0 Å². The minimum atomic E-state index is -3.49. The van der Waals surface area contributed by atoms with Crippen molar-refractivity contribution in [2.24, 2.45) is 0 Å². The summed E-state index contributed by atoms with van der Waals surface area (Å²) in [6.45, 7) is 4.14. The smallest absolute Gasteiger partial charge is 0.252 e. The van der Waals surface area contributed by atoms with Gasteiger partial charge in [0.05, 0.1) is 24.5 Å². The third-order valence-electron chi connectivity index (χ3n) is 6.05. The van der Waals surface area contributed by atoms with Crippen LogP contribution in [0, 0.1) is 13.8 Å². The molecule has 0 aliphatic heterocycles. The highest BCUT2D eigenvalue weighted by atomic mass is 32.2. The summed E-state index contributed by atoms with van der Waals surface area (Å²) in [4.78, 5) is 13.2. The first-order valence-electron chi connectivity index (χ1n) is 11.8. The van der Waals surface area contributed by atoms with Gasteiger partial charge in [-0.2, -0.15) is 0 Å². The van der Waals surface area contributed by atoms with Gasteiger partial charge >= 0.3 is 0 Å². The molecule has 4 aromatic carbocycles. The van der Waals surface area contributed by atoms with Gasteiger partial charge in [0, 0.05) is 5.56 Å². The number of benzene rings is 4. The monoisotopic (exact) mass is 498 g/mol. The number of nitrogens with zero attached hydrogens (tertiary/aromatic N) is 1. The molecule has 184 valence electrons. The first-order chi connectivity index (χ1) is 17.2. The fourth-order valence-electron chi connectivity index (χ4n) is 4.09. The van der Waals surface area contributed by atoms with Crippen molar-refractivity contribution in [2.75, 3.05) is 10.6 Å². The molecule has 0 saturated heterocycles. The molecule has 0 spiro atoms. The van der Waals surface area contributed by atoms with E-state index in [1.54, 1.807) is 30.3 Å². The van der Waals surface area contributed by atoms with Crippen LogP contribution in [0.2, 0.25) is 0 Å². The molecule has 0 saturated carbocycles. The first-order valence-corrected chi connectivity index (χ1v) is 13.6. The van der Waals surface area contributed by atoms with Gasteiger partial charge in [0.15, 0.2) is 0 Å². The lowest BCUT2D eigenvalue weighted by atomic mass is 9.97. The van der Waals surface area contributed by atoms with Gasteiger partial charge in [-0.1, -0.05) is 84.4 Å². The molecular formula is C30H30N2O3S. The lowest BCUT2D eigenvalue weighted by Gasteiger charge is -2.23. The SMILES string of the molecule is Cc1ccc(C(NC(=O)c2ccc(CN(c3cccc(C)c3)S(C)(=O)=O)cc2)c2ccccc2)cc1. The van der Waals surface area contributed by atoms with Crippen molar-refractivity contribution < 1.29 is 13.2 Å². The lowest BCUT2D eigenvalue weighted by Crippen LogP contribution is -2.30. The predicted molar refractivity (Wildman–Crippen MR) is 146 cm³/mol. The van der Waals surface area contributed by atoms with E-state index >= 15 is 0 Å². The summed E-state index contributed by atoms with van der Waals surface area (Å²) < 4.78 is 26.4. The number of nitrogens with one attached hydrogen (secondary N) is 1. The Labute approximate surface area is 213 Å². The van der Waals surface area contributed by atoms with E-state index in [0.717, 1.165) is 27.8 Å². The number of aryl methyl sites for hydroxylation is 2. The zero-order valence-corrected chi connectivity index (χ0v) is 21.5. The number of amides is 1. The van der Waals surface area contributed by atoms with E-state index in [9.17, 15) is 13.2 Å². The normalized spacial score (nSPS) is 12.1. The molecule has 4 aromatic rings. The number of carbonyl (C=O) groups is 1. The van der Waals surface area contributed by atoms with Crippen molar-refractivity contribution in [1.29, 1.82) is 0 Å². The molecule has 0 radical (unpaired) electrons. The van der Waals surface area contributed by atoms with Crippen LogP contribution in [0.25, 0.3) is 0 Å². The molecule has 0 aromatic heterocycles. The van der Waals surface area contributed by atoms with Gasteiger partial charge < -0.3 is 5.32 Å². The Bertz CT molecular complexity index is 1430. The van der Waals surface area contributed by atoms with Gasteiger partial charge in [-0.25, -0.2) is 8.42 Å². The lowest BCUT2D eigenvalue weighted by molar-refractivity contribution is 0.0943. The second kappa shape index (κ2) is 10.8. The van der Waals surface area contributed by atoms with Crippen molar-refractivity contribution in [3.63, 3.8) is 0 Å². The number of hydrogen-bond acceptors (Lipinski definition) is 3. The third kappa shape index (κ3) is 6.20. The van der Waals surface area contributed by atoms with Crippen LogP contribution < -0.4 is 9.62 Å². The summed E-state index contributed by atoms with van der Waals surface area (Å²) in [6, 6.07) is 32.2. The molecule has 4 rings (SSSR count). The summed E-state index contributed by atoms with van der Waals surface area (Å²) in [5.41, 5.74) is 6.04. The molecule has 1 unspecified atom stereocenters. The molecule has 0 aliphatic carbocycles. The predicted octanol–water partition coefficient (Wildman–Crippen LogP) is 5.79. The van der Waals surface area contributed by atoms with Crippen molar-refractivity contribution in [3.8, 4) is 0 Å². The molecule has 0 fully saturated rings. The highest BCUT2D eigenvalue weighted by Gasteiger charge is 2.20. The standard InChI is InChI=1S/C30H30N2O3S/c1-22-12-16-26(17-13-22)29(25-9-5-4-6-10-25)31-30(33)27-18-14-24(15-19-27)21-32(36(3,34)35)28-11-7-8-23(2)20-28/h4-20,29H,21H2,1-3H3,(H,31,33). The number of sulfonamides is 1. The average molecular weight is 499 g/mol. The quantitative estimate of drug-likeness (QED) is 0.334. The van der Waals surface area contributed by atoms with Crippen LogP contribution in [-0.4, -0.2) is 20.6 Å². The highest BCUT2D eigenvalue weighted by Crippen LogP contribution is 2.24. The van der Waals surface area contributed by atoms with Crippen molar-refractivity contribution in [2.45, 2.75) is 26.4 Å². The van der Waals surface area contributed by atoms with Gasteiger partial charge in [-0.15, -0.1) is 0 Å². The maximum atomic E-state index is 13.2. The zero-order valence-electron chi connectivity index (χ0n) is 20.7. The van der Waals surface area contributed by atoms with Crippen LogP contribution in [0.4, 0.5) is 5.69 Å². The number of carbonyl (C=O) groups excluding carboxylic acids is 1. The molecule has 1 atom stereocenters. The summed E-state index contributed by atoms with van der Waals surface area (Å²) >= 11 is 0. The van der Waals surface area contributed by atoms with Gasteiger partial charge in [0.25, 0.3) is 5.91 Å². The van der Waals surface area contributed by atoms with Gasteiger partial charge in [0.2, 0.25) is 10.0 Å². The van der Waals surface area contributed by atoms with Gasteiger partial charge in [-0.05, 0) is 60.4 Å². The Kier molecular flexibility index (Phi) is 7.55. The average Bonchev–Trinajstić information content (AvgIpc) is 2.86. The van der Waals surface area contributed by atoms with Crippen LogP contribution in [-0.2, 0) is 16.6 Å². The Morgan fingerprint density at radius 3 is 2.03 bits per heavy atom. The summed E-state index contributed by atoms with van der Waals surface area (Å²) in [5.74, 6) is -0.199. The molecule has 6 heteroatoms. The topological polar surface area (TPSA) is 66.5 Å². The minimum Gasteiger partial charge on any atom is -0.341 e. The molecule has 36 heavy (non-hydrogen) atoms. The minimum absolute atomic E-state index is 0.181. The number of anilines is 1. The van der Waals surface area contributed by atoms with E-state index in [0.29, 0.717) is 11.3 Å². The van der Waals surface area contributed by atoms with Crippen molar-refractivity contribution >= 4 is 21.6 Å². The van der Waals surface area contributed by atoms with Gasteiger partial charge in [-0.3, -0.25) is 9.10 Å². The van der Waals surface area contributed by atoms with E-state index in [1.165, 1.54) is 10.6 Å². The Morgan fingerprint density at radius 2 is 1.42 bits per heavy atom. The summed E-state index contributed by atoms with van der Waals surface area (Å²) in [5, 5.41) is 3.16. The molecule has 5 nitrogen and oxygen atoms in total. The van der Waals surface area contributed by atoms with Crippen LogP contribution in [0.3, 0.4) is 0 Å². The number of rotatable bonds is 8. The maximum Gasteiger partial charge on any atom is 0.252 e. The maximum absolute atomic E-state index is 13.2. The van der Waals surface area contributed by atoms with Crippen molar-refractivity contribution in [1.82, 2.24) is 5.32 Å². The van der Waals surface area contributed by atoms with E-state index in [4.69, 9.17) is 0 Å². The summed E-state index contributed by atoms with van der Waals surface area (Å²) in [7, 11) is -3.49. The zero-order chi connectivity index (χ0) is 25.7. The largest absolute Gasteiger partial charge is 0.341 e. The Morgan fingerprint density at radius 1 is 0.778 bits per heavy atom. The highest BCUT2D eigenvalue weighted by molar-refractivity contribution is 7.92. The summed E-state index contributed by atoms with van der Waals surface area (Å²) in [6.07, 6.45) is 1.20. The molecule has 1 N–H and O–H groups in total. The Hall–Kier alpha value is -3.90. The fraction of sp³-hybridized carbons (Fsp3) is 0.167. The molecule has 0 heterocycles. The Balaban J connectivity index is 1.54. The first kappa shape index (κ1) is 25.2. The molecule has 1 amide bonds. The van der Waals surface area contributed by atoms with Crippen molar-refractivity contribution in [3.05, 3.63) is 137 Å². The van der Waals surface area contributed by atoms with Crippen LogP contribution in [0.1, 0.15) is 44.2 Å². The molecule has 0 bridgehead atoms. The second-order valence-corrected chi connectivity index (χ2v) is 10.9. The van der Waals surface area contributed by atoms with Crippen LogP contribution in [0.5, 0.6) is 0 Å². The van der Waals surface area contributed by atoms with Crippen LogP contribution in [0.15, 0.2) is 103 Å². The van der Waals surface area contributed by atoms with Crippen LogP contribution >= 0.6 is 0 Å². The third-order valence-corrected chi connectivity index (χ3v) is 7.19. The molecular weight excluding hydrogens is 468 g/mol.